The van der Waals surface area contributed by atoms with E-state index in [0.717, 1.165) is 23.7 Å². The Bertz CT molecular complexity index is 399. The van der Waals surface area contributed by atoms with Crippen molar-refractivity contribution < 1.29 is 0 Å². The highest BCUT2D eigenvalue weighted by Gasteiger charge is 1.97. The first kappa shape index (κ1) is 15.9. The number of nitrogens with one attached hydrogen (secondary N) is 4. The van der Waals surface area contributed by atoms with Crippen LogP contribution in [0.25, 0.3) is 0 Å². The molecule has 8 heteroatoms. The maximum Gasteiger partial charge on any atom is 0.185 e. The lowest BCUT2D eigenvalue weighted by Gasteiger charge is -2.12. The summed E-state index contributed by atoms with van der Waals surface area (Å²) >= 11 is 11.8. The highest BCUT2D eigenvalue weighted by molar-refractivity contribution is 7.98. The van der Waals surface area contributed by atoms with Crippen LogP contribution in [-0.4, -0.2) is 34.6 Å². The van der Waals surface area contributed by atoms with Crippen molar-refractivity contribution in [1.29, 1.82) is 0 Å². The van der Waals surface area contributed by atoms with Crippen LogP contribution < -0.4 is 21.5 Å². The fraction of sp³-hybridized carbons (Fsp3) is 0.364. The first-order chi connectivity index (χ1) is 9.22. The van der Waals surface area contributed by atoms with Crippen molar-refractivity contribution in [1.82, 2.24) is 26.5 Å². The maximum absolute atomic E-state index is 5.07. The molecule has 0 bridgehead atoms. The summed E-state index contributed by atoms with van der Waals surface area (Å²) in [6, 6.07) is 5.94. The molecule has 104 valence electrons. The highest BCUT2D eigenvalue weighted by Crippen LogP contribution is 2.07. The number of aromatic nitrogens is 1. The summed E-state index contributed by atoms with van der Waals surface area (Å²) in [4.78, 5) is 4.26. The number of rotatable bonds is 5. The minimum atomic E-state index is 0.494. The second-order valence-electron chi connectivity index (χ2n) is 3.46. The van der Waals surface area contributed by atoms with E-state index >= 15 is 0 Å². The smallest absolute Gasteiger partial charge is 0.185 e. The molecule has 1 aromatic heterocycles. The van der Waals surface area contributed by atoms with Crippen LogP contribution in [0.15, 0.2) is 24.4 Å². The Balaban J connectivity index is 2.01. The average Bonchev–Trinajstić information content (AvgIpc) is 2.45. The quantitative estimate of drug-likeness (QED) is 0.361. The van der Waals surface area contributed by atoms with Crippen molar-refractivity contribution in [3.63, 3.8) is 0 Å². The molecule has 0 saturated carbocycles. The number of hydrogen-bond acceptors (Lipinski definition) is 4. The molecule has 0 amide bonds. The standard InChI is InChI=1S/C11H17N5S3/c1-12-10(17)15-16-11(18)14-6-7-19-8-9-4-2-3-5-13-9/h2-5H,6-8H2,1H3,(H2,12,15,17)(H2,14,16,18). The van der Waals surface area contributed by atoms with Gasteiger partial charge >= 0.3 is 0 Å². The van der Waals surface area contributed by atoms with E-state index < -0.39 is 0 Å². The maximum atomic E-state index is 5.07. The summed E-state index contributed by atoms with van der Waals surface area (Å²) in [6.45, 7) is 0.789. The Morgan fingerprint density at radius 2 is 2.05 bits per heavy atom. The number of nitrogens with zero attached hydrogens (tertiary/aromatic N) is 1. The summed E-state index contributed by atoms with van der Waals surface area (Å²) in [5.74, 6) is 1.86. The van der Waals surface area contributed by atoms with Gasteiger partial charge in [0.1, 0.15) is 0 Å². The number of hydrogen-bond donors (Lipinski definition) is 4. The van der Waals surface area contributed by atoms with Crippen molar-refractivity contribution in [2.24, 2.45) is 0 Å². The van der Waals surface area contributed by atoms with Gasteiger partial charge in [0.25, 0.3) is 0 Å². The van der Waals surface area contributed by atoms with Gasteiger partial charge < -0.3 is 10.6 Å². The Hall–Kier alpha value is -1.12. The van der Waals surface area contributed by atoms with Crippen LogP contribution in [0.3, 0.4) is 0 Å². The first-order valence-electron chi connectivity index (χ1n) is 5.71. The second kappa shape index (κ2) is 9.76. The summed E-state index contributed by atoms with van der Waals surface area (Å²) in [5.41, 5.74) is 6.63. The number of hydrazine groups is 1. The molecular weight excluding hydrogens is 298 g/mol. The molecular formula is C11H17N5S3. The molecule has 0 aliphatic rings. The van der Waals surface area contributed by atoms with Gasteiger partial charge in [-0.2, -0.15) is 11.8 Å². The van der Waals surface area contributed by atoms with Crippen LogP contribution in [0.2, 0.25) is 0 Å². The van der Waals surface area contributed by atoms with Gasteiger partial charge in [-0.25, -0.2) is 0 Å². The zero-order chi connectivity index (χ0) is 13.9. The van der Waals surface area contributed by atoms with Gasteiger partial charge in [-0.3, -0.25) is 15.8 Å². The first-order valence-corrected chi connectivity index (χ1v) is 7.68. The Morgan fingerprint density at radius 3 is 2.74 bits per heavy atom. The predicted octanol–water partition coefficient (Wildman–Crippen LogP) is 0.788. The third-order valence-electron chi connectivity index (χ3n) is 2.02. The van der Waals surface area contributed by atoms with Crippen LogP contribution in [-0.2, 0) is 5.75 Å². The van der Waals surface area contributed by atoms with E-state index in [-0.39, 0.29) is 0 Å². The summed E-state index contributed by atoms with van der Waals surface area (Å²) in [6.07, 6.45) is 1.81. The third-order valence-corrected chi connectivity index (χ3v) is 3.57. The van der Waals surface area contributed by atoms with E-state index in [1.807, 2.05) is 24.4 Å². The van der Waals surface area contributed by atoms with Crippen molar-refractivity contribution in [3.8, 4) is 0 Å². The van der Waals surface area contributed by atoms with E-state index in [2.05, 4.69) is 26.5 Å². The summed E-state index contributed by atoms with van der Waals surface area (Å²) in [7, 11) is 1.74. The van der Waals surface area contributed by atoms with Gasteiger partial charge in [-0.1, -0.05) is 6.07 Å². The molecule has 4 N–H and O–H groups in total. The zero-order valence-electron chi connectivity index (χ0n) is 10.6. The zero-order valence-corrected chi connectivity index (χ0v) is 13.1. The minimum Gasteiger partial charge on any atom is -0.364 e. The molecule has 1 aromatic rings. The Morgan fingerprint density at radius 1 is 1.26 bits per heavy atom. The van der Waals surface area contributed by atoms with E-state index in [0.29, 0.717) is 10.2 Å². The molecule has 1 rings (SSSR count). The summed E-state index contributed by atoms with van der Waals surface area (Å²) in [5, 5.41) is 6.87. The third kappa shape index (κ3) is 7.81. The van der Waals surface area contributed by atoms with Gasteiger partial charge in [-0.15, -0.1) is 0 Å². The van der Waals surface area contributed by atoms with Crippen molar-refractivity contribution in [2.75, 3.05) is 19.3 Å². The molecule has 5 nitrogen and oxygen atoms in total. The molecule has 0 aliphatic heterocycles. The van der Waals surface area contributed by atoms with Crippen LogP contribution >= 0.6 is 36.2 Å². The lowest BCUT2D eigenvalue weighted by molar-refractivity contribution is 0.809. The van der Waals surface area contributed by atoms with Gasteiger partial charge in [0, 0.05) is 31.3 Å². The van der Waals surface area contributed by atoms with Crippen LogP contribution in [0.1, 0.15) is 5.69 Å². The van der Waals surface area contributed by atoms with Gasteiger partial charge in [0.05, 0.1) is 5.69 Å². The largest absolute Gasteiger partial charge is 0.364 e. The normalized spacial score (nSPS) is 9.53. The molecule has 0 unspecified atom stereocenters. The molecule has 0 radical (unpaired) electrons. The van der Waals surface area contributed by atoms with Crippen molar-refractivity contribution in [2.45, 2.75) is 5.75 Å². The van der Waals surface area contributed by atoms with Crippen LogP contribution in [0.5, 0.6) is 0 Å². The Labute approximate surface area is 128 Å². The van der Waals surface area contributed by atoms with Crippen LogP contribution in [0.4, 0.5) is 0 Å². The average molecular weight is 315 g/mol. The topological polar surface area (TPSA) is 61.0 Å². The molecule has 0 aromatic carbocycles. The van der Waals surface area contributed by atoms with E-state index in [4.69, 9.17) is 24.4 Å². The lowest BCUT2D eigenvalue weighted by atomic mass is 10.4. The van der Waals surface area contributed by atoms with E-state index in [1.54, 1.807) is 18.8 Å². The highest BCUT2D eigenvalue weighted by atomic mass is 32.2. The Kier molecular flexibility index (Phi) is 8.19. The predicted molar refractivity (Wildman–Crippen MR) is 88.9 cm³/mol. The number of pyridine rings is 1. The summed E-state index contributed by atoms with van der Waals surface area (Å²) < 4.78 is 0. The molecule has 0 saturated heterocycles. The molecule has 0 atom stereocenters. The SMILES string of the molecule is CNC(=S)NNC(=S)NCCSCc1ccccn1. The molecule has 19 heavy (non-hydrogen) atoms. The van der Waals surface area contributed by atoms with E-state index in [9.17, 15) is 0 Å². The molecule has 1 heterocycles. The minimum absolute atomic E-state index is 0.494. The van der Waals surface area contributed by atoms with Crippen molar-refractivity contribution >= 4 is 46.4 Å². The fourth-order valence-corrected chi connectivity index (χ4v) is 2.09. The second-order valence-corrected chi connectivity index (χ2v) is 5.38. The fourth-order valence-electron chi connectivity index (χ4n) is 1.12. The lowest BCUT2D eigenvalue weighted by Crippen LogP contribution is -2.49. The number of thiocarbonyl (C=S) groups is 2. The van der Waals surface area contributed by atoms with Gasteiger partial charge in [-0.05, 0) is 36.6 Å². The van der Waals surface area contributed by atoms with Gasteiger partial charge in [0.15, 0.2) is 10.2 Å². The molecule has 0 spiro atoms. The monoisotopic (exact) mass is 315 g/mol. The van der Waals surface area contributed by atoms with Crippen LogP contribution in [0, 0.1) is 0 Å². The van der Waals surface area contributed by atoms with Gasteiger partial charge in [0.2, 0.25) is 0 Å². The van der Waals surface area contributed by atoms with Crippen molar-refractivity contribution in [3.05, 3.63) is 30.1 Å². The van der Waals surface area contributed by atoms with E-state index in [1.165, 1.54) is 0 Å². The number of thioether (sulfide) groups is 1. The molecule has 0 aliphatic carbocycles. The molecule has 0 fully saturated rings.